The summed E-state index contributed by atoms with van der Waals surface area (Å²) in [5, 5.41) is 0.758. The summed E-state index contributed by atoms with van der Waals surface area (Å²) in [4.78, 5) is 14.0. The number of amides is 1. The van der Waals surface area contributed by atoms with E-state index in [1.54, 1.807) is 0 Å². The van der Waals surface area contributed by atoms with Gasteiger partial charge in [0.1, 0.15) is 0 Å². The van der Waals surface area contributed by atoms with Crippen LogP contribution in [0.15, 0.2) is 24.3 Å². The average Bonchev–Trinajstić information content (AvgIpc) is 2.41. The van der Waals surface area contributed by atoms with Crippen molar-refractivity contribution in [3.05, 3.63) is 34.9 Å². The Labute approximate surface area is 126 Å². The minimum Gasteiger partial charge on any atom is -0.341 e. The van der Waals surface area contributed by atoms with E-state index in [0.29, 0.717) is 18.9 Å². The molecule has 1 aliphatic heterocycles. The summed E-state index contributed by atoms with van der Waals surface area (Å²) in [6.45, 7) is 3.57. The fraction of sp³-hybridized carbons (Fsp3) is 0.562. The van der Waals surface area contributed by atoms with Crippen LogP contribution >= 0.6 is 11.6 Å². The summed E-state index contributed by atoms with van der Waals surface area (Å²) in [5.74, 6) is 0.685. The molecule has 1 heterocycles. The van der Waals surface area contributed by atoms with Gasteiger partial charge in [-0.05, 0) is 42.9 Å². The van der Waals surface area contributed by atoms with Crippen molar-refractivity contribution in [2.24, 2.45) is 11.7 Å². The molecule has 4 heteroatoms. The lowest BCUT2D eigenvalue weighted by molar-refractivity contribution is -0.133. The van der Waals surface area contributed by atoms with E-state index in [4.69, 9.17) is 17.3 Å². The van der Waals surface area contributed by atoms with Gasteiger partial charge in [-0.2, -0.15) is 0 Å². The summed E-state index contributed by atoms with van der Waals surface area (Å²) in [6.07, 6.45) is 3.46. The van der Waals surface area contributed by atoms with Crippen molar-refractivity contribution < 1.29 is 4.79 Å². The van der Waals surface area contributed by atoms with Crippen molar-refractivity contribution in [3.63, 3.8) is 0 Å². The highest BCUT2D eigenvalue weighted by Crippen LogP contribution is 2.22. The number of hydrogen-bond donors (Lipinski definition) is 1. The maximum atomic E-state index is 12.0. The number of nitrogens with two attached hydrogens (primary N) is 1. The lowest BCUT2D eigenvalue weighted by Gasteiger charge is -2.36. The molecule has 1 aromatic rings. The van der Waals surface area contributed by atoms with Gasteiger partial charge in [-0.25, -0.2) is 0 Å². The highest BCUT2D eigenvalue weighted by atomic mass is 35.5. The lowest BCUT2D eigenvalue weighted by Crippen LogP contribution is -2.49. The molecule has 0 aromatic heterocycles. The van der Waals surface area contributed by atoms with Gasteiger partial charge in [0.05, 0.1) is 0 Å². The van der Waals surface area contributed by atoms with E-state index in [1.807, 2.05) is 24.0 Å². The Hall–Kier alpha value is -1.06. The van der Waals surface area contributed by atoms with E-state index in [2.05, 4.69) is 12.1 Å². The second-order valence-corrected chi connectivity index (χ2v) is 6.18. The molecule has 20 heavy (non-hydrogen) atoms. The van der Waals surface area contributed by atoms with Crippen LogP contribution in [-0.2, 0) is 11.2 Å². The Bertz CT molecular complexity index is 446. The summed E-state index contributed by atoms with van der Waals surface area (Å²) < 4.78 is 0. The number of carbonyl (C=O) groups is 1. The first-order valence-electron chi connectivity index (χ1n) is 7.36. The fourth-order valence-corrected chi connectivity index (χ4v) is 3.05. The van der Waals surface area contributed by atoms with Gasteiger partial charge in [0.15, 0.2) is 0 Å². The predicted octanol–water partition coefficient (Wildman–Crippen LogP) is 2.86. The largest absolute Gasteiger partial charge is 0.341 e. The van der Waals surface area contributed by atoms with Crippen molar-refractivity contribution in [2.75, 3.05) is 13.1 Å². The first-order valence-corrected chi connectivity index (χ1v) is 7.74. The molecule has 3 nitrogen and oxygen atoms in total. The lowest BCUT2D eigenvalue weighted by atomic mass is 9.89. The smallest absolute Gasteiger partial charge is 0.222 e. The van der Waals surface area contributed by atoms with E-state index in [-0.39, 0.29) is 11.9 Å². The molecule has 2 rings (SSSR count). The van der Waals surface area contributed by atoms with Gasteiger partial charge in [-0.3, -0.25) is 4.79 Å². The molecule has 0 spiro atoms. The van der Waals surface area contributed by atoms with Gasteiger partial charge in [-0.1, -0.05) is 30.7 Å². The number of halogens is 1. The van der Waals surface area contributed by atoms with Gasteiger partial charge < -0.3 is 10.6 Å². The molecule has 1 aromatic carbocycles. The van der Waals surface area contributed by atoms with E-state index in [0.717, 1.165) is 30.8 Å². The quantitative estimate of drug-likeness (QED) is 0.928. The Kier molecular flexibility index (Phi) is 5.44. The second-order valence-electron chi connectivity index (χ2n) is 5.74. The van der Waals surface area contributed by atoms with Crippen LogP contribution in [0, 0.1) is 5.92 Å². The standard InChI is InChI=1S/C16H23ClN2O/c1-2-3-16(20)19-10-13(9-15(18)11-19)8-12-4-6-14(17)7-5-12/h4-7,13,15H,2-3,8-11,18H2,1H3. The molecule has 2 unspecified atom stereocenters. The number of nitrogens with zero attached hydrogens (tertiary/aromatic N) is 1. The molecule has 1 saturated heterocycles. The molecular formula is C16H23ClN2O. The number of likely N-dealkylation sites (tertiary alicyclic amines) is 1. The van der Waals surface area contributed by atoms with Crippen LogP contribution in [-0.4, -0.2) is 29.9 Å². The van der Waals surface area contributed by atoms with Gasteiger partial charge in [0, 0.05) is 30.6 Å². The van der Waals surface area contributed by atoms with E-state index in [1.165, 1.54) is 5.56 Å². The van der Waals surface area contributed by atoms with Crippen molar-refractivity contribution in [2.45, 2.75) is 38.6 Å². The maximum absolute atomic E-state index is 12.0. The zero-order valence-electron chi connectivity index (χ0n) is 12.0. The van der Waals surface area contributed by atoms with Crippen LogP contribution in [0.25, 0.3) is 0 Å². The van der Waals surface area contributed by atoms with E-state index in [9.17, 15) is 4.79 Å². The van der Waals surface area contributed by atoms with Crippen LogP contribution in [0.1, 0.15) is 31.7 Å². The Morgan fingerprint density at radius 2 is 2.05 bits per heavy atom. The first kappa shape index (κ1) is 15.3. The number of hydrogen-bond acceptors (Lipinski definition) is 2. The topological polar surface area (TPSA) is 46.3 Å². The van der Waals surface area contributed by atoms with Gasteiger partial charge in [0.2, 0.25) is 5.91 Å². The average molecular weight is 295 g/mol. The van der Waals surface area contributed by atoms with Gasteiger partial charge in [-0.15, -0.1) is 0 Å². The van der Waals surface area contributed by atoms with Crippen molar-refractivity contribution in [3.8, 4) is 0 Å². The summed E-state index contributed by atoms with van der Waals surface area (Å²) in [6, 6.07) is 8.04. The molecule has 2 atom stereocenters. The molecule has 0 bridgehead atoms. The minimum absolute atomic E-state index is 0.0989. The monoisotopic (exact) mass is 294 g/mol. The molecule has 0 aliphatic carbocycles. The predicted molar refractivity (Wildman–Crippen MR) is 82.7 cm³/mol. The number of benzene rings is 1. The van der Waals surface area contributed by atoms with Crippen LogP contribution in [0.4, 0.5) is 0 Å². The maximum Gasteiger partial charge on any atom is 0.222 e. The minimum atomic E-state index is 0.0989. The third-order valence-corrected chi connectivity index (χ3v) is 4.08. The Balaban J connectivity index is 1.97. The molecule has 1 aliphatic rings. The Morgan fingerprint density at radius 3 is 2.70 bits per heavy atom. The third-order valence-electron chi connectivity index (χ3n) is 3.82. The third kappa shape index (κ3) is 4.22. The molecule has 110 valence electrons. The highest BCUT2D eigenvalue weighted by molar-refractivity contribution is 6.30. The van der Waals surface area contributed by atoms with Crippen molar-refractivity contribution in [1.82, 2.24) is 4.90 Å². The Morgan fingerprint density at radius 1 is 1.35 bits per heavy atom. The molecule has 1 amide bonds. The molecule has 1 fully saturated rings. The number of rotatable bonds is 4. The summed E-state index contributed by atoms with van der Waals surface area (Å²) >= 11 is 5.90. The molecule has 2 N–H and O–H groups in total. The van der Waals surface area contributed by atoms with Crippen LogP contribution in [0.2, 0.25) is 5.02 Å². The summed E-state index contributed by atoms with van der Waals surface area (Å²) in [7, 11) is 0. The van der Waals surface area contributed by atoms with Gasteiger partial charge in [0.25, 0.3) is 0 Å². The number of carbonyl (C=O) groups excluding carboxylic acids is 1. The van der Waals surface area contributed by atoms with Crippen LogP contribution in [0.3, 0.4) is 0 Å². The summed E-state index contributed by atoms with van der Waals surface area (Å²) in [5.41, 5.74) is 7.37. The number of piperidine rings is 1. The zero-order valence-corrected chi connectivity index (χ0v) is 12.8. The fourth-order valence-electron chi connectivity index (χ4n) is 2.92. The molecule has 0 saturated carbocycles. The van der Waals surface area contributed by atoms with E-state index >= 15 is 0 Å². The van der Waals surface area contributed by atoms with Crippen LogP contribution < -0.4 is 5.73 Å². The first-order chi connectivity index (χ1) is 9.58. The normalized spacial score (nSPS) is 22.9. The zero-order chi connectivity index (χ0) is 14.5. The second kappa shape index (κ2) is 7.09. The van der Waals surface area contributed by atoms with Crippen molar-refractivity contribution >= 4 is 17.5 Å². The van der Waals surface area contributed by atoms with Crippen LogP contribution in [0.5, 0.6) is 0 Å². The molecule has 0 radical (unpaired) electrons. The highest BCUT2D eigenvalue weighted by Gasteiger charge is 2.27. The molecular weight excluding hydrogens is 272 g/mol. The SMILES string of the molecule is CCCC(=O)N1CC(N)CC(Cc2ccc(Cl)cc2)C1. The van der Waals surface area contributed by atoms with Crippen molar-refractivity contribution in [1.29, 1.82) is 0 Å². The van der Waals surface area contributed by atoms with Gasteiger partial charge >= 0.3 is 0 Å². The van der Waals surface area contributed by atoms with E-state index < -0.39 is 0 Å².